The average molecular weight is 479 g/mol. The molecule has 0 unspecified atom stereocenters. The fourth-order valence-electron chi connectivity index (χ4n) is 3.11. The van der Waals surface area contributed by atoms with Crippen LogP contribution in [0, 0.1) is 0 Å². The molecule has 32 heavy (non-hydrogen) atoms. The first kappa shape index (κ1) is 25.3. The molecule has 1 aromatic heterocycles. The number of ether oxygens (including phenoxy) is 4. The summed E-state index contributed by atoms with van der Waals surface area (Å²) < 4.78 is 22.6. The van der Waals surface area contributed by atoms with E-state index in [0.717, 1.165) is 17.5 Å². The molecule has 0 fully saturated rings. The smallest absolute Gasteiger partial charge is 0.255 e. The zero-order valence-electron chi connectivity index (χ0n) is 18.2. The summed E-state index contributed by atoms with van der Waals surface area (Å²) in [6.45, 7) is 0.978. The number of thiophene rings is 1. The molecule has 0 aliphatic rings. The molecule has 172 valence electrons. The molecule has 3 aromatic rings. The number of halogens is 1. The van der Waals surface area contributed by atoms with Gasteiger partial charge in [-0.25, -0.2) is 0 Å². The minimum absolute atomic E-state index is 0. The molecule has 3 rings (SSSR count). The van der Waals surface area contributed by atoms with Crippen LogP contribution < -0.4 is 30.0 Å². The van der Waals surface area contributed by atoms with Crippen molar-refractivity contribution in [1.29, 1.82) is 0 Å². The number of rotatable bonds is 10. The SMILES string of the molecule is COc1c(Oc2ccc(CCN)cc2)cc(C(=O)NCc2ccsc2)c(OC)c1OC.Cl. The van der Waals surface area contributed by atoms with Gasteiger partial charge in [0.05, 0.1) is 26.9 Å². The molecule has 0 bridgehead atoms. The van der Waals surface area contributed by atoms with Crippen molar-refractivity contribution in [2.75, 3.05) is 27.9 Å². The summed E-state index contributed by atoms with van der Waals surface area (Å²) in [6, 6.07) is 11.1. The predicted molar refractivity (Wildman–Crippen MR) is 128 cm³/mol. The maximum absolute atomic E-state index is 13.0. The molecule has 0 saturated carbocycles. The number of hydrogen-bond acceptors (Lipinski definition) is 7. The predicted octanol–water partition coefficient (Wildman–Crippen LogP) is 4.42. The topological polar surface area (TPSA) is 92.0 Å². The quantitative estimate of drug-likeness (QED) is 0.448. The molecular formula is C23H27ClN2O5S. The van der Waals surface area contributed by atoms with Gasteiger partial charge >= 0.3 is 0 Å². The standard InChI is InChI=1S/C23H26N2O5S.ClH/c1-27-20-18(23(26)25-13-16-9-11-31-14-16)12-19(21(28-2)22(20)29-3)30-17-6-4-15(5-7-17)8-10-24;/h4-7,9,11-12,14H,8,10,13,24H2,1-3H3,(H,25,26);1H. The first-order valence-electron chi connectivity index (χ1n) is 9.70. The first-order chi connectivity index (χ1) is 15.1. The second kappa shape index (κ2) is 12.2. The molecule has 2 aromatic carbocycles. The van der Waals surface area contributed by atoms with Crippen molar-refractivity contribution in [1.82, 2.24) is 5.32 Å². The van der Waals surface area contributed by atoms with Crippen molar-refractivity contribution in [3.05, 3.63) is 63.8 Å². The van der Waals surface area contributed by atoms with Gasteiger partial charge in [0.2, 0.25) is 11.5 Å². The summed E-state index contributed by atoms with van der Waals surface area (Å²) >= 11 is 1.57. The van der Waals surface area contributed by atoms with Crippen LogP contribution in [0.1, 0.15) is 21.5 Å². The molecule has 0 saturated heterocycles. The summed E-state index contributed by atoms with van der Waals surface area (Å²) in [4.78, 5) is 13.0. The van der Waals surface area contributed by atoms with Crippen molar-refractivity contribution in [3.63, 3.8) is 0 Å². The van der Waals surface area contributed by atoms with Gasteiger partial charge < -0.3 is 30.0 Å². The van der Waals surface area contributed by atoms with E-state index in [9.17, 15) is 4.79 Å². The lowest BCUT2D eigenvalue weighted by Crippen LogP contribution is -2.23. The normalized spacial score (nSPS) is 10.1. The third-order valence-corrected chi connectivity index (χ3v) is 5.36. The van der Waals surface area contributed by atoms with Crippen LogP contribution in [0.25, 0.3) is 0 Å². The highest BCUT2D eigenvalue weighted by Gasteiger charge is 2.26. The fourth-order valence-corrected chi connectivity index (χ4v) is 3.78. The average Bonchev–Trinajstić information content (AvgIpc) is 3.31. The number of carbonyl (C=O) groups excluding carboxylic acids is 1. The molecule has 0 radical (unpaired) electrons. The van der Waals surface area contributed by atoms with Gasteiger partial charge in [-0.15, -0.1) is 12.4 Å². The summed E-state index contributed by atoms with van der Waals surface area (Å²) in [7, 11) is 4.47. The van der Waals surface area contributed by atoms with Crippen LogP contribution in [0.2, 0.25) is 0 Å². The van der Waals surface area contributed by atoms with Crippen molar-refractivity contribution in [3.8, 4) is 28.7 Å². The van der Waals surface area contributed by atoms with E-state index in [0.29, 0.717) is 30.3 Å². The Balaban J connectivity index is 0.00000363. The van der Waals surface area contributed by atoms with Gasteiger partial charge in [-0.2, -0.15) is 11.3 Å². The Bertz CT molecular complexity index is 1010. The lowest BCUT2D eigenvalue weighted by Gasteiger charge is -2.19. The molecule has 0 spiro atoms. The van der Waals surface area contributed by atoms with Gasteiger partial charge in [0.1, 0.15) is 5.75 Å². The summed E-state index contributed by atoms with van der Waals surface area (Å²) in [6.07, 6.45) is 0.786. The van der Waals surface area contributed by atoms with Crippen LogP contribution in [0.3, 0.4) is 0 Å². The van der Waals surface area contributed by atoms with Crippen LogP contribution in [0.4, 0.5) is 0 Å². The maximum atomic E-state index is 13.0. The second-order valence-electron chi connectivity index (χ2n) is 6.62. The van der Waals surface area contributed by atoms with Crippen LogP contribution >= 0.6 is 23.7 Å². The van der Waals surface area contributed by atoms with Gasteiger partial charge in [0.15, 0.2) is 11.5 Å². The maximum Gasteiger partial charge on any atom is 0.255 e. The van der Waals surface area contributed by atoms with E-state index in [4.69, 9.17) is 24.7 Å². The number of hydrogen-bond donors (Lipinski definition) is 2. The molecule has 9 heteroatoms. The summed E-state index contributed by atoms with van der Waals surface area (Å²) in [5.74, 6) is 1.51. The van der Waals surface area contributed by atoms with E-state index >= 15 is 0 Å². The Morgan fingerprint density at radius 2 is 1.66 bits per heavy atom. The summed E-state index contributed by atoms with van der Waals surface area (Å²) in [5, 5.41) is 6.84. The first-order valence-corrected chi connectivity index (χ1v) is 10.6. The highest BCUT2D eigenvalue weighted by atomic mass is 35.5. The molecule has 3 N–H and O–H groups in total. The van der Waals surface area contributed by atoms with Gasteiger partial charge in [-0.1, -0.05) is 12.1 Å². The van der Waals surface area contributed by atoms with Gasteiger partial charge in [0.25, 0.3) is 5.91 Å². The third kappa shape index (κ3) is 5.85. The van der Waals surface area contributed by atoms with Crippen molar-refractivity contribution >= 4 is 29.7 Å². The van der Waals surface area contributed by atoms with Crippen LogP contribution in [0.15, 0.2) is 47.2 Å². The van der Waals surface area contributed by atoms with E-state index in [-0.39, 0.29) is 35.4 Å². The zero-order valence-corrected chi connectivity index (χ0v) is 19.8. The molecule has 0 aliphatic carbocycles. The number of benzene rings is 2. The Morgan fingerprint density at radius 1 is 0.969 bits per heavy atom. The molecule has 1 amide bonds. The molecule has 1 heterocycles. The lowest BCUT2D eigenvalue weighted by molar-refractivity contribution is 0.0946. The number of amides is 1. The largest absolute Gasteiger partial charge is 0.492 e. The molecule has 7 nitrogen and oxygen atoms in total. The Labute approximate surface area is 197 Å². The van der Waals surface area contributed by atoms with Crippen molar-refractivity contribution < 1.29 is 23.7 Å². The van der Waals surface area contributed by atoms with E-state index in [1.54, 1.807) is 17.4 Å². The fraction of sp³-hybridized carbons (Fsp3) is 0.261. The number of methoxy groups -OCH3 is 3. The summed E-state index contributed by atoms with van der Waals surface area (Å²) in [5.41, 5.74) is 8.03. The zero-order chi connectivity index (χ0) is 22.2. The van der Waals surface area contributed by atoms with Crippen LogP contribution in [0.5, 0.6) is 28.7 Å². The van der Waals surface area contributed by atoms with Gasteiger partial charge in [-0.3, -0.25) is 4.79 Å². The highest BCUT2D eigenvalue weighted by Crippen LogP contribution is 2.47. The van der Waals surface area contributed by atoms with Crippen LogP contribution in [-0.4, -0.2) is 33.8 Å². The lowest BCUT2D eigenvalue weighted by atomic mass is 10.1. The Morgan fingerprint density at radius 3 is 2.22 bits per heavy atom. The second-order valence-corrected chi connectivity index (χ2v) is 7.40. The van der Waals surface area contributed by atoms with E-state index in [1.165, 1.54) is 21.3 Å². The number of nitrogens with one attached hydrogen (secondary N) is 1. The monoisotopic (exact) mass is 478 g/mol. The number of nitrogens with two attached hydrogens (primary N) is 1. The van der Waals surface area contributed by atoms with Crippen LogP contribution in [-0.2, 0) is 13.0 Å². The van der Waals surface area contributed by atoms with E-state index in [2.05, 4.69) is 5.32 Å². The van der Waals surface area contributed by atoms with Crippen molar-refractivity contribution in [2.45, 2.75) is 13.0 Å². The van der Waals surface area contributed by atoms with Gasteiger partial charge in [0, 0.05) is 12.6 Å². The highest BCUT2D eigenvalue weighted by molar-refractivity contribution is 7.07. The molecule has 0 aliphatic heterocycles. The Hall–Kier alpha value is -2.94. The minimum Gasteiger partial charge on any atom is -0.492 e. The number of carbonyl (C=O) groups is 1. The van der Waals surface area contributed by atoms with E-state index < -0.39 is 0 Å². The van der Waals surface area contributed by atoms with E-state index in [1.807, 2.05) is 41.1 Å². The van der Waals surface area contributed by atoms with Gasteiger partial charge in [-0.05, 0) is 53.1 Å². The molecule has 0 atom stereocenters. The molecular weight excluding hydrogens is 452 g/mol. The third-order valence-electron chi connectivity index (χ3n) is 4.63. The minimum atomic E-state index is -0.313. The Kier molecular flexibility index (Phi) is 9.64. The van der Waals surface area contributed by atoms with Crippen molar-refractivity contribution in [2.24, 2.45) is 5.73 Å².